The minimum Gasteiger partial charge on any atom is -0.382 e. The van der Waals surface area contributed by atoms with E-state index in [0.717, 1.165) is 12.1 Å². The number of hydrogen-bond donors (Lipinski definition) is 2. The second-order valence-corrected chi connectivity index (χ2v) is 6.61. The molecule has 1 aliphatic rings. The molecule has 1 fully saturated rings. The van der Waals surface area contributed by atoms with Crippen LogP contribution in [0.5, 0.6) is 0 Å². The minimum absolute atomic E-state index is 0.110. The van der Waals surface area contributed by atoms with Gasteiger partial charge in [-0.05, 0) is 57.6 Å². The lowest BCUT2D eigenvalue weighted by Crippen LogP contribution is -2.34. The van der Waals surface area contributed by atoms with Gasteiger partial charge in [-0.15, -0.1) is 0 Å². The number of carbonyl (C=O) groups is 1. The molecular weight excluding hydrogens is 319 g/mol. The maximum atomic E-state index is 12.8. The highest BCUT2D eigenvalue weighted by Gasteiger charge is 2.42. The zero-order valence-corrected chi connectivity index (χ0v) is 14.0. The smallest absolute Gasteiger partial charge is 0.382 e. The molecule has 0 bridgehead atoms. The monoisotopic (exact) mass is 343 g/mol. The molecule has 0 saturated heterocycles. The SMILES string of the molecule is CN(C)CC(=O)Nc1ccc(NC2CCCC(C(F)(F)F)C2)cc1. The summed E-state index contributed by atoms with van der Waals surface area (Å²) in [6.07, 6.45) is -2.45. The predicted molar refractivity (Wildman–Crippen MR) is 89.0 cm³/mol. The average Bonchev–Trinajstić information content (AvgIpc) is 2.48. The molecule has 1 aromatic rings. The van der Waals surface area contributed by atoms with Crippen molar-refractivity contribution in [1.29, 1.82) is 0 Å². The van der Waals surface area contributed by atoms with Gasteiger partial charge >= 0.3 is 6.18 Å². The van der Waals surface area contributed by atoms with Gasteiger partial charge in [0.1, 0.15) is 0 Å². The summed E-state index contributed by atoms with van der Waals surface area (Å²) in [6, 6.07) is 6.89. The third-order valence-corrected chi connectivity index (χ3v) is 4.14. The molecule has 1 saturated carbocycles. The Morgan fingerprint density at radius 1 is 1.17 bits per heavy atom. The van der Waals surface area contributed by atoms with Gasteiger partial charge in [-0.2, -0.15) is 13.2 Å². The van der Waals surface area contributed by atoms with E-state index in [1.165, 1.54) is 0 Å². The number of anilines is 2. The quantitative estimate of drug-likeness (QED) is 0.856. The van der Waals surface area contributed by atoms with Crippen molar-refractivity contribution in [3.8, 4) is 0 Å². The Bertz CT molecular complexity index is 543. The van der Waals surface area contributed by atoms with Gasteiger partial charge in [0.2, 0.25) is 5.91 Å². The summed E-state index contributed by atoms with van der Waals surface area (Å²) < 4.78 is 38.5. The molecule has 0 aromatic heterocycles. The average molecular weight is 343 g/mol. The maximum absolute atomic E-state index is 12.8. The first-order chi connectivity index (χ1) is 11.2. The van der Waals surface area contributed by atoms with Gasteiger partial charge in [0.25, 0.3) is 0 Å². The third-order valence-electron chi connectivity index (χ3n) is 4.14. The fourth-order valence-corrected chi connectivity index (χ4v) is 2.99. The molecule has 0 radical (unpaired) electrons. The van der Waals surface area contributed by atoms with E-state index in [2.05, 4.69) is 10.6 Å². The number of halogens is 3. The summed E-state index contributed by atoms with van der Waals surface area (Å²) in [6.45, 7) is 0.293. The lowest BCUT2D eigenvalue weighted by molar-refractivity contribution is -0.182. The molecule has 2 N–H and O–H groups in total. The highest BCUT2D eigenvalue weighted by molar-refractivity contribution is 5.92. The molecule has 2 rings (SSSR count). The first kappa shape index (κ1) is 18.6. The summed E-state index contributed by atoms with van der Waals surface area (Å²) in [5.41, 5.74) is 1.44. The van der Waals surface area contributed by atoms with E-state index in [-0.39, 0.29) is 24.8 Å². The number of carbonyl (C=O) groups excluding carboxylic acids is 1. The lowest BCUT2D eigenvalue weighted by atomic mass is 9.85. The van der Waals surface area contributed by atoms with Gasteiger partial charge in [-0.3, -0.25) is 4.79 Å². The Morgan fingerprint density at radius 2 is 1.79 bits per heavy atom. The second-order valence-electron chi connectivity index (χ2n) is 6.61. The Balaban J connectivity index is 1.88. The summed E-state index contributed by atoms with van der Waals surface area (Å²) in [5.74, 6) is -1.32. The molecule has 0 spiro atoms. The van der Waals surface area contributed by atoms with Crippen molar-refractivity contribution < 1.29 is 18.0 Å². The van der Waals surface area contributed by atoms with E-state index in [1.807, 2.05) is 14.1 Å². The molecule has 1 aliphatic carbocycles. The fraction of sp³-hybridized carbons (Fsp3) is 0.588. The Morgan fingerprint density at radius 3 is 2.38 bits per heavy atom. The predicted octanol–water partition coefficient (Wildman–Crippen LogP) is 3.72. The number of nitrogens with one attached hydrogen (secondary N) is 2. The van der Waals surface area contributed by atoms with Gasteiger partial charge in [0.05, 0.1) is 12.5 Å². The molecule has 1 aromatic carbocycles. The van der Waals surface area contributed by atoms with Crippen molar-refractivity contribution in [3.05, 3.63) is 24.3 Å². The summed E-state index contributed by atoms with van der Waals surface area (Å²) >= 11 is 0. The second kappa shape index (κ2) is 7.88. The van der Waals surface area contributed by atoms with Gasteiger partial charge in [-0.25, -0.2) is 0 Å². The Kier molecular flexibility index (Phi) is 6.10. The van der Waals surface area contributed by atoms with Gasteiger partial charge in [0, 0.05) is 17.4 Å². The number of rotatable bonds is 5. The van der Waals surface area contributed by atoms with Crippen molar-refractivity contribution in [1.82, 2.24) is 4.90 Å². The normalized spacial score (nSPS) is 21.6. The number of alkyl halides is 3. The van der Waals surface area contributed by atoms with Crippen molar-refractivity contribution in [2.24, 2.45) is 5.92 Å². The molecule has 7 heteroatoms. The standard InChI is InChI=1S/C17H24F3N3O/c1-23(2)11-16(24)22-14-8-6-13(7-9-14)21-15-5-3-4-12(10-15)17(18,19)20/h6-9,12,15,21H,3-5,10-11H2,1-2H3,(H,22,24). The van der Waals surface area contributed by atoms with Crippen LogP contribution in [-0.2, 0) is 4.79 Å². The molecular formula is C17H24F3N3O. The van der Waals surface area contributed by atoms with Crippen LogP contribution in [0.1, 0.15) is 25.7 Å². The van der Waals surface area contributed by atoms with Crippen LogP contribution < -0.4 is 10.6 Å². The van der Waals surface area contributed by atoms with Crippen LogP contribution in [0.2, 0.25) is 0 Å². The van der Waals surface area contributed by atoms with Crippen molar-refractivity contribution in [2.45, 2.75) is 37.9 Å². The summed E-state index contributed by atoms with van der Waals surface area (Å²) in [5, 5.41) is 5.95. The molecule has 2 atom stereocenters. The molecule has 134 valence electrons. The first-order valence-electron chi connectivity index (χ1n) is 8.12. The van der Waals surface area contributed by atoms with E-state index < -0.39 is 12.1 Å². The number of amides is 1. The highest BCUT2D eigenvalue weighted by Crippen LogP contribution is 2.38. The van der Waals surface area contributed by atoms with Crippen molar-refractivity contribution in [2.75, 3.05) is 31.3 Å². The molecule has 4 nitrogen and oxygen atoms in total. The number of likely N-dealkylation sites (N-methyl/N-ethyl adjacent to an activating group) is 1. The van der Waals surface area contributed by atoms with E-state index in [1.54, 1.807) is 29.2 Å². The summed E-state index contributed by atoms with van der Waals surface area (Å²) in [4.78, 5) is 13.4. The van der Waals surface area contributed by atoms with Crippen LogP contribution in [0.4, 0.5) is 24.5 Å². The minimum atomic E-state index is -4.11. The van der Waals surface area contributed by atoms with Gasteiger partial charge < -0.3 is 15.5 Å². The molecule has 0 heterocycles. The molecule has 0 aliphatic heterocycles. The van der Waals surface area contributed by atoms with Crippen LogP contribution in [0.15, 0.2) is 24.3 Å². The van der Waals surface area contributed by atoms with E-state index >= 15 is 0 Å². The Hall–Kier alpha value is -1.76. The van der Waals surface area contributed by atoms with Gasteiger partial charge in [-0.1, -0.05) is 6.42 Å². The van der Waals surface area contributed by atoms with E-state index in [9.17, 15) is 18.0 Å². The molecule has 24 heavy (non-hydrogen) atoms. The maximum Gasteiger partial charge on any atom is 0.391 e. The van der Waals surface area contributed by atoms with Crippen molar-refractivity contribution in [3.63, 3.8) is 0 Å². The number of hydrogen-bond acceptors (Lipinski definition) is 3. The highest BCUT2D eigenvalue weighted by atomic mass is 19.4. The first-order valence-corrected chi connectivity index (χ1v) is 8.12. The van der Waals surface area contributed by atoms with E-state index in [4.69, 9.17) is 0 Å². The largest absolute Gasteiger partial charge is 0.391 e. The lowest BCUT2D eigenvalue weighted by Gasteiger charge is -2.31. The zero-order chi connectivity index (χ0) is 17.7. The van der Waals surface area contributed by atoms with Crippen LogP contribution in [0.25, 0.3) is 0 Å². The van der Waals surface area contributed by atoms with E-state index in [0.29, 0.717) is 18.7 Å². The fourth-order valence-electron chi connectivity index (χ4n) is 2.99. The molecule has 2 unspecified atom stereocenters. The number of benzene rings is 1. The van der Waals surface area contributed by atoms with Crippen LogP contribution in [-0.4, -0.2) is 43.7 Å². The third kappa shape index (κ3) is 5.70. The Labute approximate surface area is 140 Å². The number of nitrogens with zero attached hydrogens (tertiary/aromatic N) is 1. The van der Waals surface area contributed by atoms with Crippen LogP contribution in [0.3, 0.4) is 0 Å². The summed E-state index contributed by atoms with van der Waals surface area (Å²) in [7, 11) is 3.62. The van der Waals surface area contributed by atoms with Crippen LogP contribution in [0, 0.1) is 5.92 Å². The van der Waals surface area contributed by atoms with Gasteiger partial charge in [0.15, 0.2) is 0 Å². The molecule has 1 amide bonds. The van der Waals surface area contributed by atoms with Crippen molar-refractivity contribution >= 4 is 17.3 Å². The van der Waals surface area contributed by atoms with Crippen LogP contribution >= 0.6 is 0 Å². The topological polar surface area (TPSA) is 44.4 Å². The zero-order valence-electron chi connectivity index (χ0n) is 14.0.